The second-order valence-electron chi connectivity index (χ2n) is 20.2. The number of alkyl carbamates (subject to hydrolysis) is 2. The lowest BCUT2D eigenvalue weighted by Gasteiger charge is -2.62. The van der Waals surface area contributed by atoms with E-state index in [1.165, 1.54) is 11.8 Å². The molecule has 3 aliphatic rings. The van der Waals surface area contributed by atoms with Gasteiger partial charge in [0.15, 0.2) is 0 Å². The van der Waals surface area contributed by atoms with E-state index in [0.29, 0.717) is 58.4 Å². The van der Waals surface area contributed by atoms with Crippen LogP contribution in [-0.4, -0.2) is 98.8 Å². The fourth-order valence-electron chi connectivity index (χ4n) is 10.2. The number of hydrogen-bond donors (Lipinski definition) is 4. The summed E-state index contributed by atoms with van der Waals surface area (Å²) in [7, 11) is 1.78. The Morgan fingerprint density at radius 3 is 1.97 bits per heavy atom. The number of thioether (sulfide) groups is 1. The fraction of sp³-hybridized carbons (Fsp3) is 0.766. The molecule has 0 aromatic heterocycles. The number of nitrogens with one attached hydrogen (secondary N) is 4. The van der Waals surface area contributed by atoms with Crippen LogP contribution in [0, 0.1) is 34.0 Å². The van der Waals surface area contributed by atoms with Crippen LogP contribution in [0.1, 0.15) is 126 Å². The first-order chi connectivity index (χ1) is 28.5. The summed E-state index contributed by atoms with van der Waals surface area (Å²) >= 11 is 1.40. The number of ether oxygens (including phenoxy) is 4. The molecule has 3 saturated carbocycles. The highest BCUT2D eigenvalue weighted by molar-refractivity contribution is 8.00. The fourth-order valence-corrected chi connectivity index (χ4v) is 10.9. The first-order valence-corrected chi connectivity index (χ1v) is 23.4. The third-order valence-electron chi connectivity index (χ3n) is 13.5. The topological polar surface area (TPSA) is 170 Å². The largest absolute Gasteiger partial charge is 0.461 e. The summed E-state index contributed by atoms with van der Waals surface area (Å²) in [4.78, 5) is 66.1. The monoisotopic (exact) mass is 873 g/mol. The van der Waals surface area contributed by atoms with Crippen LogP contribution in [0.25, 0.3) is 0 Å². The molecule has 4 N–H and O–H groups in total. The molecule has 1 aromatic carbocycles. The van der Waals surface area contributed by atoms with Crippen molar-refractivity contribution in [3.8, 4) is 0 Å². The summed E-state index contributed by atoms with van der Waals surface area (Å²) in [6, 6.07) is 7.62. The maximum atomic E-state index is 14.9. The molecule has 2 bridgehead atoms. The van der Waals surface area contributed by atoms with E-state index in [2.05, 4.69) is 49.0 Å². The van der Waals surface area contributed by atoms with E-state index >= 15 is 0 Å². The minimum absolute atomic E-state index is 0.0133. The number of amides is 3. The van der Waals surface area contributed by atoms with Gasteiger partial charge in [0.25, 0.3) is 0 Å². The minimum atomic E-state index is -0.722. The van der Waals surface area contributed by atoms with Gasteiger partial charge in [-0.05, 0) is 135 Å². The molecule has 0 radical (unpaired) electrons. The van der Waals surface area contributed by atoms with Crippen LogP contribution >= 0.6 is 11.8 Å². The van der Waals surface area contributed by atoms with Crippen LogP contribution in [0.2, 0.25) is 0 Å². The molecule has 3 amide bonds. The number of hydrogen-bond acceptors (Lipinski definition) is 11. The van der Waals surface area contributed by atoms with E-state index in [1.54, 1.807) is 27.9 Å². The minimum Gasteiger partial charge on any atom is -0.461 e. The molecule has 14 heteroatoms. The van der Waals surface area contributed by atoms with Gasteiger partial charge in [-0.1, -0.05) is 39.8 Å². The molecular weight excluding hydrogens is 797 g/mol. The highest BCUT2D eigenvalue weighted by Crippen LogP contribution is 2.69. The number of Topliss-reactive ketones (excluding diaryl/α,β-unsaturated/α-hetero) is 1. The third-order valence-corrected chi connectivity index (χ3v) is 14.4. The van der Waals surface area contributed by atoms with Crippen molar-refractivity contribution >= 4 is 41.6 Å². The van der Waals surface area contributed by atoms with Gasteiger partial charge in [-0.3, -0.25) is 14.4 Å². The van der Waals surface area contributed by atoms with Gasteiger partial charge in [-0.25, -0.2) is 9.59 Å². The molecule has 1 aromatic rings. The molecule has 61 heavy (non-hydrogen) atoms. The Morgan fingerprint density at radius 2 is 1.38 bits per heavy atom. The molecule has 0 aliphatic heterocycles. The van der Waals surface area contributed by atoms with Crippen LogP contribution in [0.5, 0.6) is 0 Å². The number of carbonyl (C=O) groups is 5. The molecule has 0 saturated heterocycles. The van der Waals surface area contributed by atoms with Crippen molar-refractivity contribution in [3.63, 3.8) is 0 Å². The lowest BCUT2D eigenvalue weighted by Crippen LogP contribution is -2.63. The molecule has 4 rings (SSSR count). The maximum Gasteiger partial charge on any atom is 0.407 e. The molecule has 3 aliphatic carbocycles. The van der Waals surface area contributed by atoms with Crippen LogP contribution in [0.3, 0.4) is 0 Å². The zero-order valence-electron chi connectivity index (χ0n) is 38.9. The van der Waals surface area contributed by atoms with E-state index in [9.17, 15) is 24.0 Å². The van der Waals surface area contributed by atoms with Crippen molar-refractivity contribution in [3.05, 3.63) is 29.8 Å². The maximum absolute atomic E-state index is 14.9. The van der Waals surface area contributed by atoms with E-state index in [4.69, 9.17) is 18.9 Å². The number of benzene rings is 1. The van der Waals surface area contributed by atoms with Crippen molar-refractivity contribution in [1.82, 2.24) is 21.3 Å². The van der Waals surface area contributed by atoms with Crippen molar-refractivity contribution in [1.29, 1.82) is 0 Å². The zero-order chi connectivity index (χ0) is 45.2. The van der Waals surface area contributed by atoms with Crippen LogP contribution in [0.15, 0.2) is 29.2 Å². The Balaban J connectivity index is 1.37. The molecule has 0 heterocycles. The third kappa shape index (κ3) is 13.6. The number of ketones is 1. The van der Waals surface area contributed by atoms with Crippen molar-refractivity contribution < 1.29 is 42.9 Å². The summed E-state index contributed by atoms with van der Waals surface area (Å²) in [5, 5.41) is 11.9. The van der Waals surface area contributed by atoms with Gasteiger partial charge >= 0.3 is 18.2 Å². The van der Waals surface area contributed by atoms with Crippen molar-refractivity contribution in [2.45, 2.75) is 155 Å². The summed E-state index contributed by atoms with van der Waals surface area (Å²) in [6.45, 7) is 22.3. The summed E-state index contributed by atoms with van der Waals surface area (Å²) < 4.78 is 23.4. The first-order valence-electron chi connectivity index (χ1n) is 22.4. The molecule has 344 valence electrons. The second kappa shape index (κ2) is 21.3. The Bertz CT molecular complexity index is 1660. The molecule has 3 fully saturated rings. The normalized spacial score (nSPS) is 28.8. The SMILES string of the molecule is CO[C@@H]1CC[C@]23CC[C@@H](C)[C@](C)(C12)[C@H](OC(=O)CSc1ccc(CC(=O)NCCCNC(=O)OC(C)(C)C)cc1)C[C@](C)(CCNCCCNC(=O)OC(C)(C)C)C(=O)[C@@H]3C. The average molecular weight is 873 g/mol. The average Bonchev–Trinajstić information content (AvgIpc) is 3.57. The highest BCUT2D eigenvalue weighted by Gasteiger charge is 2.68. The lowest BCUT2D eigenvalue weighted by atomic mass is 9.43. The Kier molecular flexibility index (Phi) is 17.6. The summed E-state index contributed by atoms with van der Waals surface area (Å²) in [5.74, 6) is 0.122. The van der Waals surface area contributed by atoms with Crippen molar-refractivity contribution in [2.75, 3.05) is 45.6 Å². The summed E-state index contributed by atoms with van der Waals surface area (Å²) in [6.07, 6.45) is 4.88. The van der Waals surface area contributed by atoms with Crippen LogP contribution < -0.4 is 21.3 Å². The van der Waals surface area contributed by atoms with Gasteiger partial charge in [0.1, 0.15) is 23.1 Å². The van der Waals surface area contributed by atoms with Gasteiger partial charge in [0.05, 0.1) is 18.3 Å². The van der Waals surface area contributed by atoms with Crippen molar-refractivity contribution in [2.24, 2.45) is 34.0 Å². The Morgan fingerprint density at radius 1 is 0.803 bits per heavy atom. The second-order valence-corrected chi connectivity index (χ2v) is 21.2. The molecule has 13 nitrogen and oxygen atoms in total. The Hall–Kier alpha value is -3.36. The molecule has 8 atom stereocenters. The predicted molar refractivity (Wildman–Crippen MR) is 238 cm³/mol. The number of rotatable bonds is 18. The van der Waals surface area contributed by atoms with Gasteiger partial charge in [0, 0.05) is 54.3 Å². The van der Waals surface area contributed by atoms with Gasteiger partial charge in [-0.15, -0.1) is 11.8 Å². The van der Waals surface area contributed by atoms with Gasteiger partial charge in [-0.2, -0.15) is 0 Å². The molecule has 1 unspecified atom stereocenters. The Labute approximate surface area is 369 Å². The smallest absolute Gasteiger partial charge is 0.407 e. The first kappa shape index (κ1) is 50.3. The predicted octanol–water partition coefficient (Wildman–Crippen LogP) is 7.62. The van der Waals surface area contributed by atoms with Crippen LogP contribution in [0.4, 0.5) is 9.59 Å². The molecular formula is C47H76N4O9S. The van der Waals surface area contributed by atoms with E-state index in [-0.39, 0.29) is 59.1 Å². The quantitative estimate of drug-likeness (QED) is 0.0495. The molecule has 0 spiro atoms. The van der Waals surface area contributed by atoms with Gasteiger partial charge in [0.2, 0.25) is 5.91 Å². The van der Waals surface area contributed by atoms with Gasteiger partial charge < -0.3 is 40.2 Å². The highest BCUT2D eigenvalue weighted by atomic mass is 32.2. The number of carbonyl (C=O) groups excluding carboxylic acids is 5. The number of esters is 1. The summed E-state index contributed by atoms with van der Waals surface area (Å²) in [5.41, 5.74) is -1.61. The van der Waals surface area contributed by atoms with E-state index < -0.39 is 40.3 Å². The van der Waals surface area contributed by atoms with E-state index in [0.717, 1.165) is 36.1 Å². The lowest BCUT2D eigenvalue weighted by molar-refractivity contribution is -0.205. The van der Waals surface area contributed by atoms with E-state index in [1.807, 2.05) is 45.0 Å². The zero-order valence-corrected chi connectivity index (χ0v) is 39.7. The standard InChI is InChI=1S/C47H76N4O9S/c1-31-18-20-47-21-19-35(57-11)39(47)46(31,10)36(29-45(9,40(54)32(47)2)22-27-48-23-12-25-50-41(55)59-43(3,4)5)58-38(53)30-61-34-16-14-33(15-17-34)28-37(52)49-24-13-26-51-42(56)60-44(6,7)8/h14-17,31-32,35-36,39,48H,12-13,18-30H2,1-11H3,(H,49,52)(H,50,55)(H,51,56)/t31-,32+,35-,36-,39?,45+,46+,47+/m1/s1. The number of methoxy groups -OCH3 is 1. The van der Waals surface area contributed by atoms with Crippen LogP contribution in [-0.2, 0) is 39.8 Å².